The molecule has 0 aromatic rings. The van der Waals surface area contributed by atoms with Crippen LogP contribution in [0.1, 0.15) is 0 Å². The maximum atomic E-state index is 3.78. The smallest absolute Gasteiger partial charge is 0.0356 e. The summed E-state index contributed by atoms with van der Waals surface area (Å²) in [5.74, 6) is 0. The number of nitrogens with zero attached hydrogens (tertiary/aromatic N) is 1. The molecular formula is C7H10N. The molecule has 0 bridgehead atoms. The topological polar surface area (TPSA) is 3.24 Å². The average molecular weight is 108 g/mol. The zero-order valence-electron chi connectivity index (χ0n) is 5.09. The molecule has 1 nitrogen and oxygen atoms in total. The maximum Gasteiger partial charge on any atom is 0.0356 e. The van der Waals surface area contributed by atoms with Gasteiger partial charge in [0.15, 0.2) is 0 Å². The molecular weight excluding hydrogens is 98.1 g/mol. The summed E-state index contributed by atoms with van der Waals surface area (Å²) in [7, 11) is 2.04. The van der Waals surface area contributed by atoms with Crippen molar-refractivity contribution in [2.75, 3.05) is 13.6 Å². The lowest BCUT2D eigenvalue weighted by molar-refractivity contribution is 0.503. The van der Waals surface area contributed by atoms with Crippen LogP contribution >= 0.6 is 0 Å². The first-order valence-electron chi connectivity index (χ1n) is 2.69. The van der Waals surface area contributed by atoms with Gasteiger partial charge in [0.05, 0.1) is 0 Å². The van der Waals surface area contributed by atoms with Crippen LogP contribution in [0.2, 0.25) is 0 Å². The molecule has 43 valence electrons. The van der Waals surface area contributed by atoms with Crippen molar-refractivity contribution in [1.82, 2.24) is 4.90 Å². The molecule has 0 fully saturated rings. The SMILES string of the molecule is [CH2]C1=CCN(C)C=C1. The first-order valence-corrected chi connectivity index (χ1v) is 2.69. The third-order valence-corrected chi connectivity index (χ3v) is 1.18. The molecule has 1 aliphatic heterocycles. The zero-order chi connectivity index (χ0) is 5.98. The van der Waals surface area contributed by atoms with Gasteiger partial charge in [-0.15, -0.1) is 0 Å². The Hall–Kier alpha value is -0.720. The second-order valence-corrected chi connectivity index (χ2v) is 2.03. The molecule has 0 aromatic carbocycles. The van der Waals surface area contributed by atoms with Crippen molar-refractivity contribution in [3.8, 4) is 0 Å². The first kappa shape index (κ1) is 5.42. The highest BCUT2D eigenvalue weighted by molar-refractivity contribution is 5.24. The fraction of sp³-hybridized carbons (Fsp3) is 0.286. The van der Waals surface area contributed by atoms with Gasteiger partial charge in [0, 0.05) is 13.6 Å². The Balaban J connectivity index is 2.58. The van der Waals surface area contributed by atoms with E-state index >= 15 is 0 Å². The van der Waals surface area contributed by atoms with Gasteiger partial charge in [0.2, 0.25) is 0 Å². The second-order valence-electron chi connectivity index (χ2n) is 2.03. The molecule has 0 atom stereocenters. The highest BCUT2D eigenvalue weighted by Crippen LogP contribution is 2.01. The second kappa shape index (κ2) is 2.03. The quantitative estimate of drug-likeness (QED) is 0.451. The van der Waals surface area contributed by atoms with E-state index < -0.39 is 0 Å². The fourth-order valence-electron chi connectivity index (χ4n) is 0.613. The first-order chi connectivity index (χ1) is 3.79. The van der Waals surface area contributed by atoms with E-state index in [1.807, 2.05) is 19.3 Å². The van der Waals surface area contributed by atoms with E-state index in [1.54, 1.807) is 0 Å². The van der Waals surface area contributed by atoms with Gasteiger partial charge in [-0.25, -0.2) is 0 Å². The Morgan fingerprint density at radius 2 is 2.50 bits per heavy atom. The summed E-state index contributed by atoms with van der Waals surface area (Å²) in [4.78, 5) is 2.11. The van der Waals surface area contributed by atoms with Crippen LogP contribution in [0.5, 0.6) is 0 Å². The highest BCUT2D eigenvalue weighted by atomic mass is 15.1. The molecule has 0 spiro atoms. The number of likely N-dealkylation sites (N-methyl/N-ethyl adjacent to an activating group) is 1. The summed E-state index contributed by atoms with van der Waals surface area (Å²) in [5.41, 5.74) is 1.11. The average Bonchev–Trinajstić information content (AvgIpc) is 1.77. The molecule has 0 aliphatic carbocycles. The largest absolute Gasteiger partial charge is 0.377 e. The van der Waals surface area contributed by atoms with Crippen molar-refractivity contribution in [3.63, 3.8) is 0 Å². The van der Waals surface area contributed by atoms with Gasteiger partial charge >= 0.3 is 0 Å². The van der Waals surface area contributed by atoms with Crippen LogP contribution in [0.15, 0.2) is 23.9 Å². The summed E-state index contributed by atoms with van der Waals surface area (Å²) in [6, 6.07) is 0. The van der Waals surface area contributed by atoms with Crippen molar-refractivity contribution >= 4 is 0 Å². The van der Waals surface area contributed by atoms with E-state index in [4.69, 9.17) is 0 Å². The zero-order valence-corrected chi connectivity index (χ0v) is 5.09. The fourth-order valence-corrected chi connectivity index (χ4v) is 0.613. The molecule has 0 amide bonds. The van der Waals surface area contributed by atoms with E-state index in [0.29, 0.717) is 0 Å². The minimum Gasteiger partial charge on any atom is -0.377 e. The van der Waals surface area contributed by atoms with Crippen LogP contribution in [0.25, 0.3) is 0 Å². The molecule has 0 N–H and O–H groups in total. The molecule has 1 radical (unpaired) electrons. The lowest BCUT2D eigenvalue weighted by atomic mass is 10.2. The highest BCUT2D eigenvalue weighted by Gasteiger charge is 1.92. The normalized spacial score (nSPS) is 18.8. The molecule has 1 heterocycles. The van der Waals surface area contributed by atoms with Crippen LogP contribution in [0.3, 0.4) is 0 Å². The molecule has 8 heavy (non-hydrogen) atoms. The number of rotatable bonds is 0. The summed E-state index contributed by atoms with van der Waals surface area (Å²) < 4.78 is 0. The van der Waals surface area contributed by atoms with Gasteiger partial charge in [-0.1, -0.05) is 6.08 Å². The molecule has 0 aromatic heterocycles. The molecule has 0 saturated heterocycles. The van der Waals surface area contributed by atoms with Crippen LogP contribution in [-0.4, -0.2) is 18.5 Å². The predicted octanol–water partition coefficient (Wildman–Crippen LogP) is 1.21. The summed E-state index contributed by atoms with van der Waals surface area (Å²) in [6.45, 7) is 4.77. The molecule has 1 aliphatic rings. The van der Waals surface area contributed by atoms with E-state index in [2.05, 4.69) is 17.9 Å². The standard InChI is InChI=1S/C7H10N/c1-7-3-5-8(2)6-4-7/h3-5H,1,6H2,2H3. The Morgan fingerprint density at radius 3 is 2.88 bits per heavy atom. The van der Waals surface area contributed by atoms with Crippen LogP contribution in [0.4, 0.5) is 0 Å². The van der Waals surface area contributed by atoms with Gasteiger partial charge in [-0.05, 0) is 24.8 Å². The number of allylic oxidation sites excluding steroid dienone is 2. The van der Waals surface area contributed by atoms with Crippen LogP contribution in [0, 0.1) is 6.92 Å². The molecule has 0 unspecified atom stereocenters. The maximum absolute atomic E-state index is 3.78. The van der Waals surface area contributed by atoms with E-state index in [-0.39, 0.29) is 0 Å². The van der Waals surface area contributed by atoms with E-state index in [0.717, 1.165) is 12.1 Å². The summed E-state index contributed by atoms with van der Waals surface area (Å²) in [5, 5.41) is 0. The summed E-state index contributed by atoms with van der Waals surface area (Å²) >= 11 is 0. The van der Waals surface area contributed by atoms with E-state index in [1.165, 1.54) is 0 Å². The Morgan fingerprint density at radius 1 is 1.75 bits per heavy atom. The van der Waals surface area contributed by atoms with Gasteiger partial charge in [-0.2, -0.15) is 0 Å². The third kappa shape index (κ3) is 1.12. The minimum absolute atomic E-state index is 0.995. The van der Waals surface area contributed by atoms with E-state index in [9.17, 15) is 0 Å². The third-order valence-electron chi connectivity index (χ3n) is 1.18. The predicted molar refractivity (Wildman–Crippen MR) is 35.2 cm³/mol. The van der Waals surface area contributed by atoms with Gasteiger partial charge in [-0.3, -0.25) is 0 Å². The van der Waals surface area contributed by atoms with Crippen molar-refractivity contribution < 1.29 is 0 Å². The lowest BCUT2D eigenvalue weighted by Crippen LogP contribution is -2.12. The van der Waals surface area contributed by atoms with Gasteiger partial charge in [0.25, 0.3) is 0 Å². The van der Waals surface area contributed by atoms with Crippen molar-refractivity contribution in [3.05, 3.63) is 30.8 Å². The van der Waals surface area contributed by atoms with Crippen molar-refractivity contribution in [2.24, 2.45) is 0 Å². The summed E-state index contributed by atoms with van der Waals surface area (Å²) in [6.07, 6.45) is 6.13. The molecule has 0 saturated carbocycles. The number of hydrogen-bond acceptors (Lipinski definition) is 1. The van der Waals surface area contributed by atoms with Crippen LogP contribution in [-0.2, 0) is 0 Å². The Labute approximate surface area is 50.3 Å². The Kier molecular flexibility index (Phi) is 1.38. The lowest BCUT2D eigenvalue weighted by Gasteiger charge is -2.14. The van der Waals surface area contributed by atoms with Crippen molar-refractivity contribution in [1.29, 1.82) is 0 Å². The molecule has 1 rings (SSSR count). The monoisotopic (exact) mass is 108 g/mol. The Bertz CT molecular complexity index is 133. The van der Waals surface area contributed by atoms with Crippen LogP contribution < -0.4 is 0 Å². The number of hydrogen-bond donors (Lipinski definition) is 0. The minimum atomic E-state index is 0.995. The molecule has 1 heteroatoms. The van der Waals surface area contributed by atoms with Crippen molar-refractivity contribution in [2.45, 2.75) is 0 Å². The van der Waals surface area contributed by atoms with Gasteiger partial charge < -0.3 is 4.90 Å². The van der Waals surface area contributed by atoms with Gasteiger partial charge in [0.1, 0.15) is 0 Å².